The van der Waals surface area contributed by atoms with Crippen LogP contribution in [0.2, 0.25) is 12.1 Å². The molecule has 0 aliphatic rings. The summed E-state index contributed by atoms with van der Waals surface area (Å²) in [5.41, 5.74) is 1.99. The first kappa shape index (κ1) is 8.92. The van der Waals surface area contributed by atoms with Crippen LogP contribution in [0.1, 0.15) is 20.8 Å². The van der Waals surface area contributed by atoms with Crippen LogP contribution in [0.25, 0.3) is 0 Å². The minimum atomic E-state index is -1.88. The molecule has 2 heteroatoms. The van der Waals surface area contributed by atoms with Gasteiger partial charge in [-0.2, -0.15) is 0 Å². The molecule has 0 atom stereocenters. The first-order valence-corrected chi connectivity index (χ1v) is 5.98. The van der Waals surface area contributed by atoms with E-state index in [1.54, 1.807) is 0 Å². The lowest BCUT2D eigenvalue weighted by Crippen LogP contribution is -2.29. The summed E-state index contributed by atoms with van der Waals surface area (Å²) in [6.45, 7) is 6.06. The van der Waals surface area contributed by atoms with Crippen LogP contribution < -0.4 is 0 Å². The highest BCUT2D eigenvalue weighted by atomic mass is 28.4. The molecule has 0 amide bonds. The molecule has 0 rings (SSSR count). The van der Waals surface area contributed by atoms with Gasteiger partial charge in [-0.1, -0.05) is 25.6 Å². The molecule has 0 saturated heterocycles. The molecule has 0 saturated carbocycles. The van der Waals surface area contributed by atoms with E-state index in [-0.39, 0.29) is 0 Å². The van der Waals surface area contributed by atoms with Crippen LogP contribution >= 0.6 is 0 Å². The highest BCUT2D eigenvalue weighted by Crippen LogP contribution is 2.11. The van der Waals surface area contributed by atoms with E-state index in [1.165, 1.54) is 0 Å². The summed E-state index contributed by atoms with van der Waals surface area (Å²) in [4.78, 5) is 9.68. The fraction of sp³-hybridized carbons (Fsp3) is 0.714. The predicted octanol–water partition coefficient (Wildman–Crippen LogP) is 2.08. The third kappa shape index (κ3) is 2.82. The SMILES string of the molecule is C/C=C/[Si](O)(CC)CC. The van der Waals surface area contributed by atoms with Gasteiger partial charge in [0, 0.05) is 0 Å². The number of hydrogen-bond donors (Lipinski definition) is 1. The lowest BCUT2D eigenvalue weighted by molar-refractivity contribution is 0.548. The fourth-order valence-electron chi connectivity index (χ4n) is 0.796. The minimum Gasteiger partial charge on any atom is -0.428 e. The lowest BCUT2D eigenvalue weighted by Gasteiger charge is -2.15. The van der Waals surface area contributed by atoms with Crippen molar-refractivity contribution < 1.29 is 4.80 Å². The largest absolute Gasteiger partial charge is 0.428 e. The third-order valence-electron chi connectivity index (χ3n) is 1.70. The van der Waals surface area contributed by atoms with Gasteiger partial charge >= 0.3 is 0 Å². The molecule has 0 unspecified atom stereocenters. The van der Waals surface area contributed by atoms with Gasteiger partial charge in [-0.05, 0) is 19.0 Å². The first-order chi connectivity index (χ1) is 4.18. The van der Waals surface area contributed by atoms with Crippen LogP contribution in [-0.4, -0.2) is 13.1 Å². The highest BCUT2D eigenvalue weighted by molar-refractivity contribution is 6.77. The van der Waals surface area contributed by atoms with Crippen molar-refractivity contribution in [1.29, 1.82) is 0 Å². The zero-order valence-corrected chi connectivity index (χ0v) is 7.52. The van der Waals surface area contributed by atoms with E-state index >= 15 is 0 Å². The topological polar surface area (TPSA) is 20.2 Å². The van der Waals surface area contributed by atoms with Crippen molar-refractivity contribution in [1.82, 2.24) is 0 Å². The molecule has 0 radical (unpaired) electrons. The molecule has 1 N–H and O–H groups in total. The molecule has 0 aliphatic heterocycles. The van der Waals surface area contributed by atoms with Crippen molar-refractivity contribution in [2.45, 2.75) is 32.9 Å². The monoisotopic (exact) mass is 144 g/mol. The van der Waals surface area contributed by atoms with E-state index in [0.29, 0.717) is 0 Å². The van der Waals surface area contributed by atoms with E-state index in [2.05, 4.69) is 13.8 Å². The summed E-state index contributed by atoms with van der Waals surface area (Å²) < 4.78 is 0. The standard InChI is InChI=1S/C7H16OSi/c1-4-7-9(8,5-2)6-3/h4,7-8H,5-6H2,1-3H3/b7-4+. The van der Waals surface area contributed by atoms with E-state index < -0.39 is 8.32 Å². The van der Waals surface area contributed by atoms with Gasteiger partial charge in [0.15, 0.2) is 0 Å². The Bertz CT molecular complexity index is 95.1. The maximum absolute atomic E-state index is 9.68. The third-order valence-corrected chi connectivity index (χ3v) is 5.10. The Morgan fingerprint density at radius 2 is 1.78 bits per heavy atom. The van der Waals surface area contributed by atoms with Gasteiger partial charge in [0.2, 0.25) is 8.32 Å². The van der Waals surface area contributed by atoms with E-state index in [0.717, 1.165) is 12.1 Å². The molecule has 1 nitrogen and oxygen atoms in total. The second kappa shape index (κ2) is 3.85. The zero-order chi connectivity index (χ0) is 7.33. The summed E-state index contributed by atoms with van der Waals surface area (Å²) in [6.07, 6.45) is 1.96. The maximum Gasteiger partial charge on any atom is 0.212 e. The Hall–Kier alpha value is -0.0831. The van der Waals surface area contributed by atoms with Gasteiger partial charge < -0.3 is 4.80 Å². The molecule has 0 heterocycles. The van der Waals surface area contributed by atoms with Gasteiger partial charge in [-0.25, -0.2) is 0 Å². The quantitative estimate of drug-likeness (QED) is 0.601. The maximum atomic E-state index is 9.68. The summed E-state index contributed by atoms with van der Waals surface area (Å²) in [5, 5.41) is 0. The molecule has 9 heavy (non-hydrogen) atoms. The summed E-state index contributed by atoms with van der Waals surface area (Å²) in [7, 11) is -1.88. The van der Waals surface area contributed by atoms with Crippen LogP contribution in [-0.2, 0) is 0 Å². The van der Waals surface area contributed by atoms with Gasteiger partial charge in [-0.3, -0.25) is 0 Å². The smallest absolute Gasteiger partial charge is 0.212 e. The summed E-state index contributed by atoms with van der Waals surface area (Å²) in [5.74, 6) is 0. The van der Waals surface area contributed by atoms with Gasteiger partial charge in [0.05, 0.1) is 0 Å². The number of rotatable bonds is 3. The van der Waals surface area contributed by atoms with Crippen LogP contribution in [0.3, 0.4) is 0 Å². The van der Waals surface area contributed by atoms with Crippen LogP contribution in [0.4, 0.5) is 0 Å². The lowest BCUT2D eigenvalue weighted by atomic mass is 10.8. The number of hydrogen-bond acceptors (Lipinski definition) is 1. The predicted molar refractivity (Wildman–Crippen MR) is 43.7 cm³/mol. The van der Waals surface area contributed by atoms with Gasteiger partial charge in [-0.15, -0.1) is 0 Å². The summed E-state index contributed by atoms with van der Waals surface area (Å²) in [6, 6.07) is 1.88. The van der Waals surface area contributed by atoms with Crippen LogP contribution in [0, 0.1) is 0 Å². The molecule has 0 aliphatic carbocycles. The summed E-state index contributed by atoms with van der Waals surface area (Å²) >= 11 is 0. The van der Waals surface area contributed by atoms with Gasteiger partial charge in [0.1, 0.15) is 0 Å². The first-order valence-electron chi connectivity index (χ1n) is 3.54. The van der Waals surface area contributed by atoms with Crippen molar-refractivity contribution in [3.8, 4) is 0 Å². The average molecular weight is 144 g/mol. The second-order valence-corrected chi connectivity index (χ2v) is 6.27. The molecule has 0 aromatic carbocycles. The Balaban J connectivity index is 3.92. The van der Waals surface area contributed by atoms with Crippen LogP contribution in [0.15, 0.2) is 11.8 Å². The minimum absolute atomic E-state index is 0.938. The Kier molecular flexibility index (Phi) is 3.82. The molecule has 0 aromatic rings. The van der Waals surface area contributed by atoms with Crippen molar-refractivity contribution in [2.75, 3.05) is 0 Å². The van der Waals surface area contributed by atoms with Crippen molar-refractivity contribution in [3.63, 3.8) is 0 Å². The van der Waals surface area contributed by atoms with Crippen molar-refractivity contribution in [3.05, 3.63) is 11.8 Å². The van der Waals surface area contributed by atoms with Crippen molar-refractivity contribution in [2.24, 2.45) is 0 Å². The Morgan fingerprint density at radius 3 is 1.89 bits per heavy atom. The molecule has 0 bridgehead atoms. The Morgan fingerprint density at radius 1 is 1.33 bits per heavy atom. The molecular weight excluding hydrogens is 128 g/mol. The highest BCUT2D eigenvalue weighted by Gasteiger charge is 2.21. The normalized spacial score (nSPS) is 12.9. The van der Waals surface area contributed by atoms with E-state index in [9.17, 15) is 4.80 Å². The van der Waals surface area contributed by atoms with E-state index in [4.69, 9.17) is 0 Å². The van der Waals surface area contributed by atoms with E-state index in [1.807, 2.05) is 18.7 Å². The van der Waals surface area contributed by atoms with Crippen molar-refractivity contribution >= 4 is 8.32 Å². The number of allylic oxidation sites excluding steroid dienone is 1. The Labute approximate surface area is 58.5 Å². The molecule has 0 spiro atoms. The molecule has 54 valence electrons. The average Bonchev–Trinajstić information content (AvgIpc) is 1.89. The fourth-order valence-corrected chi connectivity index (χ4v) is 2.39. The van der Waals surface area contributed by atoms with Gasteiger partial charge in [0.25, 0.3) is 0 Å². The zero-order valence-electron chi connectivity index (χ0n) is 6.52. The molecule has 0 aromatic heterocycles. The molecule has 0 fully saturated rings. The second-order valence-electron chi connectivity index (χ2n) is 2.31. The molecular formula is C7H16OSi. The van der Waals surface area contributed by atoms with Crippen LogP contribution in [0.5, 0.6) is 0 Å².